The van der Waals surface area contributed by atoms with Gasteiger partial charge in [-0.1, -0.05) is 335 Å². The predicted octanol–water partition coefficient (Wildman–Crippen LogP) is 22.8. The van der Waals surface area contributed by atoms with Gasteiger partial charge in [-0.25, -0.2) is 0 Å². The number of likely N-dealkylation sites (N-methyl/N-ethyl adjacent to an activating group) is 1. The molecular weight excluding hydrogens is 1080 g/mol. The molecule has 0 spiro atoms. The van der Waals surface area contributed by atoms with Gasteiger partial charge in [0.15, 0.2) is 0 Å². The Morgan fingerprint density at radius 2 is 0.721 bits per heavy atom. The minimum Gasteiger partial charge on any atom is -0.756 e. The van der Waals surface area contributed by atoms with Gasteiger partial charge in [0.25, 0.3) is 7.82 Å². The van der Waals surface area contributed by atoms with Crippen LogP contribution in [-0.4, -0.2) is 68.5 Å². The molecule has 0 saturated carbocycles. The zero-order valence-electron chi connectivity index (χ0n) is 57.0. The number of carbonyl (C=O) groups is 1. The summed E-state index contributed by atoms with van der Waals surface area (Å²) in [6, 6.07) is -0.914. The van der Waals surface area contributed by atoms with Crippen molar-refractivity contribution >= 4 is 13.7 Å². The van der Waals surface area contributed by atoms with Crippen molar-refractivity contribution < 1.29 is 32.9 Å². The van der Waals surface area contributed by atoms with Crippen LogP contribution in [0.1, 0.15) is 322 Å². The van der Waals surface area contributed by atoms with Gasteiger partial charge in [0.1, 0.15) is 13.2 Å². The number of unbranched alkanes of at least 4 members (excludes halogenated alkanes) is 37. The Hall–Kier alpha value is -2.84. The van der Waals surface area contributed by atoms with Crippen molar-refractivity contribution in [3.63, 3.8) is 0 Å². The summed E-state index contributed by atoms with van der Waals surface area (Å²) < 4.78 is 23.5. The van der Waals surface area contributed by atoms with Crippen molar-refractivity contribution in [2.24, 2.45) is 0 Å². The van der Waals surface area contributed by atoms with Crippen molar-refractivity contribution in [1.82, 2.24) is 5.32 Å². The van der Waals surface area contributed by atoms with Crippen LogP contribution in [0, 0.1) is 0 Å². The van der Waals surface area contributed by atoms with Crippen molar-refractivity contribution in [2.75, 3.05) is 40.9 Å². The van der Waals surface area contributed by atoms with Gasteiger partial charge in [-0.15, -0.1) is 0 Å². The molecule has 0 bridgehead atoms. The zero-order valence-corrected chi connectivity index (χ0v) is 57.9. The summed E-state index contributed by atoms with van der Waals surface area (Å²) in [7, 11) is 1.24. The van der Waals surface area contributed by atoms with Gasteiger partial charge >= 0.3 is 0 Å². The average Bonchev–Trinajstić information content (AvgIpc) is 3.70. The van der Waals surface area contributed by atoms with Gasteiger partial charge in [-0.2, -0.15) is 0 Å². The highest BCUT2D eigenvalue weighted by Crippen LogP contribution is 2.38. The van der Waals surface area contributed by atoms with Crippen molar-refractivity contribution in [3.8, 4) is 0 Å². The van der Waals surface area contributed by atoms with Gasteiger partial charge in [0, 0.05) is 6.42 Å². The van der Waals surface area contributed by atoms with Gasteiger partial charge in [-0.05, 0) is 89.9 Å². The first kappa shape index (κ1) is 83.2. The Kier molecular flexibility index (Phi) is 64.4. The van der Waals surface area contributed by atoms with Crippen molar-refractivity contribution in [2.45, 2.75) is 334 Å². The van der Waals surface area contributed by atoms with Crippen molar-refractivity contribution in [1.29, 1.82) is 0 Å². The SMILES string of the molecule is CC/C=C\C/C=C\C/C=C\C/C=C\C/C=C\C/C=C\C/C=C\CCCCCCCCCCCCCC(=O)NC(COP(=O)([O-])OCC[N+](C)(C)C)C(O)/C=C/CC/C=C/CCCCCCCCCCCCCCCCCCCCCCCCCCC. The lowest BCUT2D eigenvalue weighted by Gasteiger charge is -2.29. The molecule has 0 aromatic rings. The molecule has 0 aliphatic heterocycles. The molecule has 0 aliphatic rings. The number of rotatable bonds is 66. The minimum atomic E-state index is -4.62. The molecule has 0 rings (SSSR count). The quantitative estimate of drug-likeness (QED) is 0.0272. The molecule has 0 aromatic heterocycles. The molecule has 2 N–H and O–H groups in total. The summed E-state index contributed by atoms with van der Waals surface area (Å²) in [5.41, 5.74) is 0. The second-order valence-corrected chi connectivity index (χ2v) is 27.0. The van der Waals surface area contributed by atoms with E-state index in [1.165, 1.54) is 218 Å². The van der Waals surface area contributed by atoms with Crippen LogP contribution in [-0.2, 0) is 18.4 Å². The topological polar surface area (TPSA) is 108 Å². The van der Waals surface area contributed by atoms with Crippen LogP contribution in [0.3, 0.4) is 0 Å². The molecule has 3 atom stereocenters. The first-order valence-corrected chi connectivity index (χ1v) is 37.7. The summed E-state index contributed by atoms with van der Waals surface area (Å²) in [5.74, 6) is -0.211. The van der Waals surface area contributed by atoms with Gasteiger partial charge in [0.2, 0.25) is 5.91 Å². The maximum Gasteiger partial charge on any atom is 0.268 e. The largest absolute Gasteiger partial charge is 0.756 e. The van der Waals surface area contributed by atoms with Gasteiger partial charge in [-0.3, -0.25) is 9.36 Å². The van der Waals surface area contributed by atoms with Crippen LogP contribution in [0.25, 0.3) is 0 Å². The van der Waals surface area contributed by atoms with E-state index in [-0.39, 0.29) is 12.5 Å². The second kappa shape index (κ2) is 66.6. The number of nitrogens with zero attached hydrogens (tertiary/aromatic N) is 1. The summed E-state index contributed by atoms with van der Waals surface area (Å²) >= 11 is 0. The van der Waals surface area contributed by atoms with E-state index in [1.54, 1.807) is 6.08 Å². The number of hydrogen-bond donors (Lipinski definition) is 2. The van der Waals surface area contributed by atoms with Crippen LogP contribution in [0.5, 0.6) is 0 Å². The molecule has 0 radical (unpaired) electrons. The molecular formula is C77H139N2O6P. The van der Waals surface area contributed by atoms with Crippen LogP contribution in [0.4, 0.5) is 0 Å². The number of hydrogen-bond acceptors (Lipinski definition) is 6. The minimum absolute atomic E-state index is 0.0112. The first-order chi connectivity index (χ1) is 42.0. The second-order valence-electron chi connectivity index (χ2n) is 25.6. The fourth-order valence-electron chi connectivity index (χ4n) is 10.4. The number of allylic oxidation sites excluding steroid dienone is 17. The van der Waals surface area contributed by atoms with Gasteiger partial charge in [0.05, 0.1) is 39.9 Å². The molecule has 1 amide bonds. The highest BCUT2D eigenvalue weighted by atomic mass is 31.2. The molecule has 9 heteroatoms. The fraction of sp³-hybridized carbons (Fsp3) is 0.753. The lowest BCUT2D eigenvalue weighted by atomic mass is 10.0. The number of phosphoric acid groups is 1. The number of amides is 1. The average molecular weight is 1220 g/mol. The molecule has 86 heavy (non-hydrogen) atoms. The van der Waals surface area contributed by atoms with Crippen LogP contribution >= 0.6 is 7.82 Å². The molecule has 8 nitrogen and oxygen atoms in total. The number of aliphatic hydroxyl groups excluding tert-OH is 1. The van der Waals surface area contributed by atoms with E-state index in [1.807, 2.05) is 27.2 Å². The molecule has 3 unspecified atom stereocenters. The van der Waals surface area contributed by atoms with E-state index in [0.717, 1.165) is 83.5 Å². The first-order valence-electron chi connectivity index (χ1n) is 36.2. The van der Waals surface area contributed by atoms with Gasteiger partial charge < -0.3 is 28.8 Å². The Morgan fingerprint density at radius 3 is 1.08 bits per heavy atom. The molecule has 0 aliphatic carbocycles. The van der Waals surface area contributed by atoms with Crippen molar-refractivity contribution in [3.05, 3.63) is 109 Å². The highest BCUT2D eigenvalue weighted by Gasteiger charge is 2.23. The van der Waals surface area contributed by atoms with E-state index in [4.69, 9.17) is 9.05 Å². The maximum absolute atomic E-state index is 13.0. The van der Waals surface area contributed by atoms with E-state index in [0.29, 0.717) is 17.4 Å². The smallest absolute Gasteiger partial charge is 0.268 e. The van der Waals surface area contributed by atoms with Crippen LogP contribution < -0.4 is 10.2 Å². The fourth-order valence-corrected chi connectivity index (χ4v) is 11.1. The predicted molar refractivity (Wildman–Crippen MR) is 376 cm³/mol. The van der Waals surface area contributed by atoms with Crippen LogP contribution in [0.2, 0.25) is 0 Å². The molecule has 0 aromatic carbocycles. The molecule has 0 fully saturated rings. The lowest BCUT2D eigenvalue weighted by Crippen LogP contribution is -2.45. The highest BCUT2D eigenvalue weighted by molar-refractivity contribution is 7.45. The van der Waals surface area contributed by atoms with E-state index in [9.17, 15) is 19.4 Å². The lowest BCUT2D eigenvalue weighted by molar-refractivity contribution is -0.870. The third-order valence-electron chi connectivity index (χ3n) is 16.0. The monoisotopic (exact) mass is 1220 g/mol. The summed E-state index contributed by atoms with van der Waals surface area (Å²) in [4.78, 5) is 25.7. The van der Waals surface area contributed by atoms with E-state index in [2.05, 4.69) is 116 Å². The number of phosphoric ester groups is 1. The standard InChI is InChI=1S/C77H139N2O6P/c1-6-8-10-12-14-16-18-20-22-24-26-28-30-32-34-36-38-39-41-43-45-47-49-51-53-55-57-59-61-63-65-67-69-71-77(81)78-75(74-85-86(82,83)84-73-72-79(3,4)5)76(80)70-68-66-64-62-60-58-56-54-52-50-48-46-44-42-40-37-35-33-31-29-27-25-23-21-19-17-15-13-11-9-7-2/h8,10,14,16,20,22,26,28,32,34,38-39,43,45,60,62,68,70,75-76,80H,6-7,9,11-13,15,17-19,21,23-25,27,29-31,33,35-37,40-42,44,46-59,61,63-67,69,71-74H2,1-5H3,(H-,78,81,82,83)/b10-8-,16-14-,22-20-,28-26-,34-32-,39-38-,45-43-,62-60+,70-68+. The third kappa shape index (κ3) is 68.6. The normalized spacial score (nSPS) is 14.3. The summed E-state index contributed by atoms with van der Waals surface area (Å²) in [6.07, 6.45) is 97.9. The molecule has 0 heterocycles. The number of carbonyl (C=O) groups excluding carboxylic acids is 1. The Morgan fingerprint density at radius 1 is 0.419 bits per heavy atom. The number of quaternary nitrogens is 1. The third-order valence-corrected chi connectivity index (χ3v) is 16.9. The zero-order chi connectivity index (χ0) is 62.6. The summed E-state index contributed by atoms with van der Waals surface area (Å²) in [5, 5.41) is 14.0. The number of aliphatic hydroxyl groups is 1. The molecule has 0 saturated heterocycles. The Balaban J connectivity index is 4.13. The number of nitrogens with one attached hydrogen (secondary N) is 1. The Bertz CT molecular complexity index is 1770. The van der Waals surface area contributed by atoms with E-state index >= 15 is 0 Å². The summed E-state index contributed by atoms with van der Waals surface area (Å²) in [6.45, 7) is 4.54. The van der Waals surface area contributed by atoms with E-state index < -0.39 is 26.6 Å². The Labute approximate surface area is 533 Å². The molecule has 498 valence electrons. The maximum atomic E-state index is 13.0. The van der Waals surface area contributed by atoms with Crippen LogP contribution in [0.15, 0.2) is 109 Å².